The summed E-state index contributed by atoms with van der Waals surface area (Å²) in [5.74, 6) is 0.408. The Balaban J connectivity index is 1.21. The van der Waals surface area contributed by atoms with E-state index in [2.05, 4.69) is 35.7 Å². The Hall–Kier alpha value is -4.53. The molecule has 0 saturated heterocycles. The Bertz CT molecular complexity index is 1370. The second-order valence-corrected chi connectivity index (χ2v) is 7.38. The lowest BCUT2D eigenvalue weighted by molar-refractivity contribution is -0.115. The molecule has 0 aliphatic carbocycles. The fourth-order valence-corrected chi connectivity index (χ4v) is 3.37. The van der Waals surface area contributed by atoms with Crippen LogP contribution in [0.15, 0.2) is 73.6 Å². The summed E-state index contributed by atoms with van der Waals surface area (Å²) < 4.78 is 1.70. The van der Waals surface area contributed by atoms with Gasteiger partial charge in [0.25, 0.3) is 0 Å². The van der Waals surface area contributed by atoms with Crippen LogP contribution in [-0.4, -0.2) is 35.6 Å². The van der Waals surface area contributed by atoms with E-state index < -0.39 is 0 Å². The lowest BCUT2D eigenvalue weighted by atomic mass is 10.1. The molecule has 1 amide bonds. The van der Waals surface area contributed by atoms with Gasteiger partial charge in [0, 0.05) is 42.8 Å². The first-order valence-corrected chi connectivity index (χ1v) is 10.0. The van der Waals surface area contributed by atoms with Crippen molar-refractivity contribution in [2.75, 3.05) is 10.6 Å². The second kappa shape index (κ2) is 8.31. The lowest BCUT2D eigenvalue weighted by Crippen LogP contribution is -2.14. The van der Waals surface area contributed by atoms with Gasteiger partial charge in [-0.1, -0.05) is 24.3 Å². The monoisotopic (exact) mass is 424 g/mol. The molecule has 0 radical (unpaired) electrons. The van der Waals surface area contributed by atoms with Gasteiger partial charge in [-0.15, -0.1) is 0 Å². The Kier molecular flexibility index (Phi) is 5.04. The van der Waals surface area contributed by atoms with Crippen LogP contribution in [0.2, 0.25) is 0 Å². The van der Waals surface area contributed by atoms with Gasteiger partial charge in [-0.05, 0) is 23.3 Å². The van der Waals surface area contributed by atoms with Crippen LogP contribution in [0.25, 0.3) is 22.2 Å². The predicted octanol–water partition coefficient (Wildman–Crippen LogP) is 3.68. The number of anilines is 3. The summed E-state index contributed by atoms with van der Waals surface area (Å²) >= 11 is 0. The second-order valence-electron chi connectivity index (χ2n) is 7.38. The molecule has 4 aromatic heterocycles. The topological polar surface area (TPSA) is 113 Å². The van der Waals surface area contributed by atoms with E-state index in [1.54, 1.807) is 29.5 Å². The highest BCUT2D eigenvalue weighted by molar-refractivity contribution is 5.94. The highest BCUT2D eigenvalue weighted by Crippen LogP contribution is 2.21. The minimum absolute atomic E-state index is 0.0939. The van der Waals surface area contributed by atoms with Gasteiger partial charge in [-0.2, -0.15) is 5.10 Å². The third-order valence-electron chi connectivity index (χ3n) is 4.95. The Morgan fingerprint density at radius 3 is 2.53 bits per heavy atom. The van der Waals surface area contributed by atoms with E-state index >= 15 is 0 Å². The number of pyridine rings is 1. The number of aromatic nitrogens is 6. The largest absolute Gasteiger partial charge is 0.346 e. The molecule has 0 spiro atoms. The predicted molar refractivity (Wildman–Crippen MR) is 122 cm³/mol. The number of benzene rings is 1. The van der Waals surface area contributed by atoms with Crippen molar-refractivity contribution >= 4 is 34.3 Å². The van der Waals surface area contributed by atoms with Crippen LogP contribution < -0.4 is 10.6 Å². The molecule has 1 aromatic carbocycles. The third kappa shape index (κ3) is 4.31. The summed E-state index contributed by atoms with van der Waals surface area (Å²) in [5, 5.41) is 11.1. The number of carbonyl (C=O) groups is 1. The average molecular weight is 424 g/mol. The zero-order valence-corrected chi connectivity index (χ0v) is 17.3. The third-order valence-corrected chi connectivity index (χ3v) is 4.95. The van der Waals surface area contributed by atoms with Crippen molar-refractivity contribution < 1.29 is 4.79 Å². The molecule has 0 atom stereocenters. The van der Waals surface area contributed by atoms with Crippen LogP contribution >= 0.6 is 0 Å². The van der Waals surface area contributed by atoms with Crippen molar-refractivity contribution in [3.05, 3.63) is 79.1 Å². The highest BCUT2D eigenvalue weighted by Gasteiger charge is 2.07. The fourth-order valence-electron chi connectivity index (χ4n) is 3.37. The number of carbonyl (C=O) groups excluding carboxylic acids is 1. The van der Waals surface area contributed by atoms with Crippen LogP contribution in [0.1, 0.15) is 5.56 Å². The Morgan fingerprint density at radius 2 is 1.78 bits per heavy atom. The number of amides is 1. The van der Waals surface area contributed by atoms with Crippen LogP contribution in [-0.2, 0) is 18.3 Å². The minimum Gasteiger partial charge on any atom is -0.346 e. The van der Waals surface area contributed by atoms with Gasteiger partial charge in [-0.25, -0.2) is 15.0 Å². The first-order valence-electron chi connectivity index (χ1n) is 10.0. The number of nitrogens with one attached hydrogen (secondary N) is 3. The zero-order chi connectivity index (χ0) is 21.9. The Labute approximate surface area is 183 Å². The average Bonchev–Trinajstić information content (AvgIpc) is 3.43. The normalized spacial score (nSPS) is 10.9. The molecule has 0 fully saturated rings. The van der Waals surface area contributed by atoms with Crippen molar-refractivity contribution in [2.45, 2.75) is 6.42 Å². The molecule has 0 bridgehead atoms. The molecule has 0 unspecified atom stereocenters. The smallest absolute Gasteiger partial charge is 0.228 e. The SMILES string of the molecule is Cn1cc(Nc2ncc(-c3ccc(CC(=O)Nc4cnc5[nH]ccc5c4)cc3)cn2)cn1. The van der Waals surface area contributed by atoms with E-state index in [0.29, 0.717) is 11.6 Å². The molecule has 32 heavy (non-hydrogen) atoms. The molecule has 3 N–H and O–H groups in total. The van der Waals surface area contributed by atoms with Gasteiger partial charge in [0.05, 0.1) is 30.2 Å². The molecule has 4 heterocycles. The standard InChI is InChI=1S/C23H20N8O/c1-31-14-20(13-28-31)30-23-26-10-18(11-27-23)16-4-2-15(3-5-16)8-21(32)29-19-9-17-6-7-24-22(17)25-12-19/h2-7,9-14H,8H2,1H3,(H,24,25)(H,29,32)(H,26,27,30). The summed E-state index contributed by atoms with van der Waals surface area (Å²) in [6.07, 6.45) is 10.8. The maximum atomic E-state index is 12.4. The fraction of sp³-hybridized carbons (Fsp3) is 0.0870. The van der Waals surface area contributed by atoms with E-state index in [0.717, 1.165) is 33.4 Å². The summed E-state index contributed by atoms with van der Waals surface area (Å²) in [4.78, 5) is 28.5. The number of aryl methyl sites for hydroxylation is 1. The van der Waals surface area contributed by atoms with Crippen LogP contribution in [0.5, 0.6) is 0 Å². The zero-order valence-electron chi connectivity index (χ0n) is 17.3. The van der Waals surface area contributed by atoms with Crippen molar-refractivity contribution in [1.82, 2.24) is 29.7 Å². The molecule has 5 rings (SSSR count). The van der Waals surface area contributed by atoms with Crippen LogP contribution in [0, 0.1) is 0 Å². The van der Waals surface area contributed by atoms with Crippen molar-refractivity contribution in [3.63, 3.8) is 0 Å². The number of H-pyrrole nitrogens is 1. The number of aromatic amines is 1. The van der Waals surface area contributed by atoms with Gasteiger partial charge in [0.2, 0.25) is 11.9 Å². The van der Waals surface area contributed by atoms with E-state index in [1.165, 1.54) is 0 Å². The summed E-state index contributed by atoms with van der Waals surface area (Å²) in [7, 11) is 1.85. The van der Waals surface area contributed by atoms with Gasteiger partial charge in [0.1, 0.15) is 5.65 Å². The molecule has 0 aliphatic rings. The van der Waals surface area contributed by atoms with Crippen molar-refractivity contribution in [1.29, 1.82) is 0 Å². The first-order chi connectivity index (χ1) is 15.6. The summed E-state index contributed by atoms with van der Waals surface area (Å²) in [6.45, 7) is 0. The lowest BCUT2D eigenvalue weighted by Gasteiger charge is -2.07. The molecule has 9 nitrogen and oxygen atoms in total. The molecule has 5 aromatic rings. The molecular weight excluding hydrogens is 404 g/mol. The molecule has 9 heteroatoms. The quantitative estimate of drug-likeness (QED) is 0.383. The summed E-state index contributed by atoms with van der Waals surface area (Å²) in [6, 6.07) is 11.6. The molecule has 158 valence electrons. The van der Waals surface area contributed by atoms with Crippen molar-refractivity contribution in [3.8, 4) is 11.1 Å². The van der Waals surface area contributed by atoms with Crippen LogP contribution in [0.4, 0.5) is 17.3 Å². The number of fused-ring (bicyclic) bond motifs is 1. The highest BCUT2D eigenvalue weighted by atomic mass is 16.1. The Morgan fingerprint density at radius 1 is 0.969 bits per heavy atom. The van der Waals surface area contributed by atoms with E-state index in [1.807, 2.05) is 55.8 Å². The number of hydrogen-bond donors (Lipinski definition) is 3. The first kappa shape index (κ1) is 19.4. The van der Waals surface area contributed by atoms with Gasteiger partial charge in [0.15, 0.2) is 0 Å². The number of hydrogen-bond acceptors (Lipinski definition) is 6. The van der Waals surface area contributed by atoms with E-state index in [4.69, 9.17) is 0 Å². The molecular formula is C23H20N8O. The van der Waals surface area contributed by atoms with Crippen molar-refractivity contribution in [2.24, 2.45) is 7.05 Å². The summed E-state index contributed by atoms with van der Waals surface area (Å²) in [5.41, 5.74) is 5.08. The number of nitrogens with zero attached hydrogens (tertiary/aromatic N) is 5. The van der Waals surface area contributed by atoms with E-state index in [9.17, 15) is 4.79 Å². The molecule has 0 aliphatic heterocycles. The van der Waals surface area contributed by atoms with Gasteiger partial charge < -0.3 is 15.6 Å². The van der Waals surface area contributed by atoms with Crippen LogP contribution in [0.3, 0.4) is 0 Å². The maximum Gasteiger partial charge on any atom is 0.228 e. The maximum absolute atomic E-state index is 12.4. The molecule has 0 saturated carbocycles. The minimum atomic E-state index is -0.0939. The van der Waals surface area contributed by atoms with E-state index in [-0.39, 0.29) is 12.3 Å². The number of rotatable bonds is 6. The van der Waals surface area contributed by atoms with Gasteiger partial charge >= 0.3 is 0 Å². The van der Waals surface area contributed by atoms with Gasteiger partial charge in [-0.3, -0.25) is 9.48 Å².